The summed E-state index contributed by atoms with van der Waals surface area (Å²) in [7, 11) is 0. The second kappa shape index (κ2) is 13.0. The Morgan fingerprint density at radius 1 is 1.00 bits per heavy atom. The molecule has 2 fully saturated rings. The van der Waals surface area contributed by atoms with Gasteiger partial charge in [-0.1, -0.05) is 12.1 Å². The third-order valence-corrected chi connectivity index (χ3v) is 8.90. The average molecular weight is 638 g/mol. The smallest absolute Gasteiger partial charge is 0.338 e. The van der Waals surface area contributed by atoms with Crippen LogP contribution in [-0.4, -0.2) is 61.8 Å². The number of nitrogens with zero attached hydrogens (tertiary/aromatic N) is 5. The summed E-state index contributed by atoms with van der Waals surface area (Å²) in [6, 6.07) is 18.4. The van der Waals surface area contributed by atoms with Crippen molar-refractivity contribution in [3.63, 3.8) is 0 Å². The van der Waals surface area contributed by atoms with E-state index in [4.69, 9.17) is 24.2 Å². The molecule has 7 rings (SSSR count). The predicted octanol–water partition coefficient (Wildman–Crippen LogP) is 6.82. The monoisotopic (exact) mass is 637 g/mol. The Kier molecular flexibility index (Phi) is 8.63. The van der Waals surface area contributed by atoms with Crippen LogP contribution in [0, 0.1) is 5.82 Å². The lowest BCUT2D eigenvalue weighted by Crippen LogP contribution is -2.35. The van der Waals surface area contributed by atoms with Gasteiger partial charge in [0, 0.05) is 47.5 Å². The number of imidazole rings is 1. The molecule has 1 atom stereocenters. The molecule has 244 valence electrons. The van der Waals surface area contributed by atoms with Crippen molar-refractivity contribution in [2.45, 2.75) is 77.4 Å². The highest BCUT2D eigenvalue weighted by molar-refractivity contribution is 5.94. The maximum absolute atomic E-state index is 14.7. The molecule has 0 spiro atoms. The third kappa shape index (κ3) is 7.13. The number of benzene rings is 2. The van der Waals surface area contributed by atoms with Crippen LogP contribution in [0.2, 0.25) is 0 Å². The van der Waals surface area contributed by atoms with E-state index in [-0.39, 0.29) is 24.5 Å². The van der Waals surface area contributed by atoms with Crippen molar-refractivity contribution in [3.05, 3.63) is 95.3 Å². The van der Waals surface area contributed by atoms with E-state index >= 15 is 0 Å². The van der Waals surface area contributed by atoms with Crippen molar-refractivity contribution in [3.8, 4) is 5.88 Å². The van der Waals surface area contributed by atoms with Gasteiger partial charge in [-0.05, 0) is 89.5 Å². The van der Waals surface area contributed by atoms with Crippen LogP contribution in [-0.2, 0) is 29.2 Å². The Morgan fingerprint density at radius 3 is 2.60 bits per heavy atom. The number of hydrogen-bond acceptors (Lipinski definition) is 8. The third-order valence-electron chi connectivity index (χ3n) is 8.90. The lowest BCUT2D eigenvalue weighted by atomic mass is 9.93. The maximum atomic E-state index is 14.7. The minimum atomic E-state index is -0.567. The summed E-state index contributed by atoms with van der Waals surface area (Å²) >= 11 is 0. The van der Waals surface area contributed by atoms with Gasteiger partial charge in [-0.3, -0.25) is 9.88 Å². The van der Waals surface area contributed by atoms with Gasteiger partial charge in [-0.25, -0.2) is 19.2 Å². The fourth-order valence-corrected chi connectivity index (χ4v) is 6.32. The Morgan fingerprint density at radius 2 is 1.83 bits per heavy atom. The minimum absolute atomic E-state index is 0.0950. The van der Waals surface area contributed by atoms with E-state index in [9.17, 15) is 9.18 Å². The maximum Gasteiger partial charge on any atom is 0.338 e. The molecule has 0 radical (unpaired) electrons. The molecule has 3 aromatic heterocycles. The van der Waals surface area contributed by atoms with E-state index in [0.717, 1.165) is 66.9 Å². The number of carbonyl (C=O) groups excluding carboxylic acids is 1. The molecule has 2 aliphatic heterocycles. The predicted molar refractivity (Wildman–Crippen MR) is 177 cm³/mol. The number of hydrogen-bond donors (Lipinski definition) is 0. The highest BCUT2D eigenvalue weighted by Crippen LogP contribution is 2.30. The van der Waals surface area contributed by atoms with Gasteiger partial charge in [0.1, 0.15) is 23.8 Å². The second-order valence-corrected chi connectivity index (χ2v) is 13.5. The molecule has 0 saturated carbocycles. The molecule has 0 aliphatic carbocycles. The van der Waals surface area contributed by atoms with Crippen molar-refractivity contribution < 1.29 is 23.4 Å². The Bertz CT molecular complexity index is 1910. The van der Waals surface area contributed by atoms with Crippen LogP contribution >= 0.6 is 0 Å². The van der Waals surface area contributed by atoms with Crippen LogP contribution in [0.4, 0.5) is 4.39 Å². The second-order valence-electron chi connectivity index (χ2n) is 13.5. The van der Waals surface area contributed by atoms with Crippen molar-refractivity contribution in [2.24, 2.45) is 0 Å². The summed E-state index contributed by atoms with van der Waals surface area (Å²) in [6.07, 6.45) is 4.73. The summed E-state index contributed by atoms with van der Waals surface area (Å²) in [5.41, 5.74) is 3.84. The first-order valence-corrected chi connectivity index (χ1v) is 16.4. The Hall–Kier alpha value is -4.41. The van der Waals surface area contributed by atoms with Crippen molar-refractivity contribution >= 4 is 27.9 Å². The normalized spacial score (nSPS) is 17.6. The van der Waals surface area contributed by atoms with Crippen LogP contribution in [0.15, 0.2) is 66.9 Å². The van der Waals surface area contributed by atoms with Gasteiger partial charge in [0.05, 0.1) is 41.3 Å². The molecule has 0 amide bonds. The van der Waals surface area contributed by atoms with Crippen LogP contribution in [0.5, 0.6) is 5.88 Å². The molecule has 2 aliphatic rings. The summed E-state index contributed by atoms with van der Waals surface area (Å²) in [6.45, 7) is 9.71. The van der Waals surface area contributed by atoms with E-state index in [2.05, 4.69) is 20.5 Å². The first-order valence-electron chi connectivity index (χ1n) is 16.4. The molecule has 2 aromatic carbocycles. The highest BCUT2D eigenvalue weighted by atomic mass is 19.1. The number of aromatic nitrogens is 4. The molecular weight excluding hydrogens is 597 g/mol. The van der Waals surface area contributed by atoms with Gasteiger partial charge >= 0.3 is 5.97 Å². The molecule has 1 unspecified atom stereocenters. The molecule has 0 N–H and O–H groups in total. The molecule has 5 aromatic rings. The number of esters is 1. The number of fused-ring (bicyclic) bond motifs is 2. The standard InChI is InChI=1S/C37H40FN5O4/c1-37(2,3)47-36(44)26-9-10-31-33(19-26)43(21-28-13-17-45-28)34(40-31)22-42-15-11-24(12-16-42)30-7-4-8-35(41-30)46-23-27-18-25-6-5-14-39-32(25)20-29(27)38/h4-10,14,18-20,24,28H,11-13,15-17,21-23H2,1-3H3. The SMILES string of the molecule is CC(C)(C)OC(=O)c1ccc2nc(CN3CCC(c4cccc(OCc5cc6cccnc6cc5F)n4)CC3)n(CC3CCO3)c2c1. The fourth-order valence-electron chi connectivity index (χ4n) is 6.32. The number of carbonyl (C=O) groups is 1. The lowest BCUT2D eigenvalue weighted by molar-refractivity contribution is -0.0592. The fraction of sp³-hybridized carbons (Fsp3) is 0.405. The molecule has 5 heterocycles. The van der Waals surface area contributed by atoms with Crippen LogP contribution in [0.3, 0.4) is 0 Å². The number of halogens is 1. The van der Waals surface area contributed by atoms with Crippen molar-refractivity contribution in [1.82, 2.24) is 24.4 Å². The van der Waals surface area contributed by atoms with E-state index in [1.807, 2.05) is 57.2 Å². The summed E-state index contributed by atoms with van der Waals surface area (Å²) in [5.74, 6) is 1.10. The first-order chi connectivity index (χ1) is 22.7. The van der Waals surface area contributed by atoms with Crippen LogP contribution in [0.25, 0.3) is 21.9 Å². The zero-order chi connectivity index (χ0) is 32.5. The van der Waals surface area contributed by atoms with Gasteiger partial charge in [0.2, 0.25) is 5.88 Å². The quantitative estimate of drug-likeness (QED) is 0.163. The van der Waals surface area contributed by atoms with E-state index in [1.54, 1.807) is 18.3 Å². The van der Waals surface area contributed by atoms with Gasteiger partial charge in [-0.2, -0.15) is 0 Å². The lowest BCUT2D eigenvalue weighted by Gasteiger charge is -2.32. The van der Waals surface area contributed by atoms with Gasteiger partial charge in [0.25, 0.3) is 0 Å². The minimum Gasteiger partial charge on any atom is -0.473 e. The Labute approximate surface area is 273 Å². The molecule has 0 bridgehead atoms. The van der Waals surface area contributed by atoms with Crippen LogP contribution < -0.4 is 4.74 Å². The molecule has 47 heavy (non-hydrogen) atoms. The van der Waals surface area contributed by atoms with Crippen LogP contribution in [0.1, 0.15) is 73.4 Å². The van der Waals surface area contributed by atoms with E-state index < -0.39 is 5.60 Å². The molecule has 9 nitrogen and oxygen atoms in total. The van der Waals surface area contributed by atoms with Crippen molar-refractivity contribution in [2.75, 3.05) is 19.7 Å². The molecular formula is C37H40FN5O4. The van der Waals surface area contributed by atoms with Gasteiger partial charge < -0.3 is 18.8 Å². The first kappa shape index (κ1) is 31.2. The van der Waals surface area contributed by atoms with E-state index in [0.29, 0.717) is 41.5 Å². The number of piperidine rings is 1. The number of ether oxygens (including phenoxy) is 3. The molecule has 10 heteroatoms. The van der Waals surface area contributed by atoms with Gasteiger partial charge in [-0.15, -0.1) is 0 Å². The topological polar surface area (TPSA) is 91.6 Å². The highest BCUT2D eigenvalue weighted by Gasteiger charge is 2.27. The summed E-state index contributed by atoms with van der Waals surface area (Å²) in [5, 5.41) is 0.874. The van der Waals surface area contributed by atoms with E-state index in [1.165, 1.54) is 6.07 Å². The zero-order valence-corrected chi connectivity index (χ0v) is 27.1. The van der Waals surface area contributed by atoms with Gasteiger partial charge in [0.15, 0.2) is 0 Å². The number of pyridine rings is 2. The van der Waals surface area contributed by atoms with Crippen molar-refractivity contribution in [1.29, 1.82) is 0 Å². The average Bonchev–Trinajstić information content (AvgIpc) is 3.37. The largest absolute Gasteiger partial charge is 0.473 e. The zero-order valence-electron chi connectivity index (χ0n) is 27.1. The number of rotatable bonds is 9. The number of likely N-dealkylation sites (tertiary alicyclic amines) is 1. The Balaban J connectivity index is 1.01. The molecule has 2 saturated heterocycles. The summed E-state index contributed by atoms with van der Waals surface area (Å²) < 4.78 is 34.3. The summed E-state index contributed by atoms with van der Waals surface area (Å²) in [4.78, 5) is 29.3.